The van der Waals surface area contributed by atoms with Crippen LogP contribution in [0, 0.1) is 0 Å². The van der Waals surface area contributed by atoms with Crippen LogP contribution in [0.3, 0.4) is 0 Å². The standard InChI is InChI=1S/C46H46/c1(2-4-6-11-20-36-29-30-39-32-31-37-21-19-22-38-33-34-43(36)45(39)44(37)38)3-5-7-18-35-46(40-23-12-8-13-24-40,41-25-14-9-15-26-41)42-27-16-10-17-28-42/h8-10,12-17,19,21-34H,1-7,11,18,20,35H2. The Hall–Kier alpha value is -4.42. The molecule has 7 aromatic carbocycles. The van der Waals surface area contributed by atoms with E-state index < -0.39 is 0 Å². The van der Waals surface area contributed by atoms with Gasteiger partial charge in [-0.1, -0.05) is 197 Å². The van der Waals surface area contributed by atoms with Crippen LogP contribution < -0.4 is 0 Å². The van der Waals surface area contributed by atoms with Crippen LogP contribution in [-0.2, 0) is 11.8 Å². The number of hydrogen-bond donors (Lipinski definition) is 0. The van der Waals surface area contributed by atoms with Gasteiger partial charge in [0.1, 0.15) is 0 Å². The minimum absolute atomic E-state index is 0.113. The SMILES string of the molecule is c1ccc(C(CCCCCCCCCCCc2ccc3ccc4cccc5ccc2c3c45)(c2ccccc2)c2ccccc2)cc1. The van der Waals surface area contributed by atoms with Gasteiger partial charge in [0.15, 0.2) is 0 Å². The van der Waals surface area contributed by atoms with Gasteiger partial charge in [-0.05, 0) is 73.8 Å². The third kappa shape index (κ3) is 6.19. The molecule has 46 heavy (non-hydrogen) atoms. The number of unbranched alkanes of at least 4 members (excludes halogenated alkanes) is 8. The highest BCUT2D eigenvalue weighted by molar-refractivity contribution is 6.23. The van der Waals surface area contributed by atoms with E-state index in [0.717, 1.165) is 6.42 Å². The van der Waals surface area contributed by atoms with Crippen LogP contribution in [-0.4, -0.2) is 0 Å². The van der Waals surface area contributed by atoms with E-state index in [0.29, 0.717) is 0 Å². The molecule has 7 rings (SSSR count). The summed E-state index contributed by atoms with van der Waals surface area (Å²) in [6.45, 7) is 0. The first-order valence-electron chi connectivity index (χ1n) is 17.7. The van der Waals surface area contributed by atoms with Gasteiger partial charge in [-0.2, -0.15) is 0 Å². The summed E-state index contributed by atoms with van der Waals surface area (Å²) in [4.78, 5) is 0. The van der Waals surface area contributed by atoms with E-state index in [1.807, 2.05) is 0 Å². The van der Waals surface area contributed by atoms with Crippen LogP contribution >= 0.6 is 0 Å². The average Bonchev–Trinajstić information content (AvgIpc) is 3.13. The predicted octanol–water partition coefficient (Wildman–Crippen LogP) is 13.1. The van der Waals surface area contributed by atoms with Crippen molar-refractivity contribution in [2.24, 2.45) is 0 Å². The maximum absolute atomic E-state index is 2.38. The second-order valence-electron chi connectivity index (χ2n) is 13.3. The lowest BCUT2D eigenvalue weighted by molar-refractivity contribution is 0.493. The van der Waals surface area contributed by atoms with Gasteiger partial charge in [0.25, 0.3) is 0 Å². The number of aryl methyl sites for hydroxylation is 1. The van der Waals surface area contributed by atoms with E-state index in [1.54, 1.807) is 0 Å². The Morgan fingerprint density at radius 1 is 0.326 bits per heavy atom. The van der Waals surface area contributed by atoms with Gasteiger partial charge in [0.05, 0.1) is 0 Å². The zero-order chi connectivity index (χ0) is 31.0. The van der Waals surface area contributed by atoms with Crippen molar-refractivity contribution in [3.8, 4) is 0 Å². The van der Waals surface area contributed by atoms with Gasteiger partial charge in [0.2, 0.25) is 0 Å². The zero-order valence-electron chi connectivity index (χ0n) is 27.1. The van der Waals surface area contributed by atoms with Crippen molar-refractivity contribution in [2.75, 3.05) is 0 Å². The smallest absolute Gasteiger partial charge is 0.0451 e. The maximum atomic E-state index is 2.38. The van der Waals surface area contributed by atoms with Crippen LogP contribution in [0.1, 0.15) is 86.5 Å². The molecule has 0 fully saturated rings. The Labute approximate surface area is 275 Å². The van der Waals surface area contributed by atoms with Gasteiger partial charge in [-0.25, -0.2) is 0 Å². The summed E-state index contributed by atoms with van der Waals surface area (Å²) in [5.74, 6) is 0. The van der Waals surface area contributed by atoms with Crippen molar-refractivity contribution in [2.45, 2.75) is 76.0 Å². The summed E-state index contributed by atoms with van der Waals surface area (Å²) in [5, 5.41) is 8.43. The van der Waals surface area contributed by atoms with Crippen molar-refractivity contribution >= 4 is 32.3 Å². The highest BCUT2D eigenvalue weighted by Gasteiger charge is 2.35. The largest absolute Gasteiger partial charge is 0.0622 e. The summed E-state index contributed by atoms with van der Waals surface area (Å²) < 4.78 is 0. The van der Waals surface area contributed by atoms with Crippen molar-refractivity contribution in [3.63, 3.8) is 0 Å². The van der Waals surface area contributed by atoms with Gasteiger partial charge in [0, 0.05) is 5.41 Å². The molecule has 0 saturated heterocycles. The lowest BCUT2D eigenvalue weighted by atomic mass is 9.66. The molecule has 0 N–H and O–H groups in total. The van der Waals surface area contributed by atoms with Crippen molar-refractivity contribution < 1.29 is 0 Å². The Kier molecular flexibility index (Phi) is 9.43. The molecule has 0 saturated carbocycles. The second kappa shape index (κ2) is 14.3. The van der Waals surface area contributed by atoms with Crippen LogP contribution in [0.15, 0.2) is 146 Å². The quantitative estimate of drug-likeness (QED) is 0.0625. The van der Waals surface area contributed by atoms with Crippen LogP contribution in [0.25, 0.3) is 32.3 Å². The first-order valence-corrected chi connectivity index (χ1v) is 17.7. The van der Waals surface area contributed by atoms with Gasteiger partial charge in [-0.3, -0.25) is 0 Å². The molecule has 0 heteroatoms. The fraction of sp³-hybridized carbons (Fsp3) is 0.261. The molecule has 0 aromatic heterocycles. The first-order chi connectivity index (χ1) is 22.8. The van der Waals surface area contributed by atoms with E-state index >= 15 is 0 Å². The Morgan fingerprint density at radius 2 is 0.761 bits per heavy atom. The summed E-state index contributed by atoms with van der Waals surface area (Å²) in [6.07, 6.45) is 14.2. The van der Waals surface area contributed by atoms with Crippen molar-refractivity contribution in [1.29, 1.82) is 0 Å². The summed E-state index contributed by atoms with van der Waals surface area (Å²) >= 11 is 0. The molecule has 0 atom stereocenters. The van der Waals surface area contributed by atoms with Crippen LogP contribution in [0.2, 0.25) is 0 Å². The van der Waals surface area contributed by atoms with Crippen molar-refractivity contribution in [1.82, 2.24) is 0 Å². The summed E-state index contributed by atoms with van der Waals surface area (Å²) in [7, 11) is 0. The molecule has 0 aliphatic carbocycles. The maximum Gasteiger partial charge on any atom is 0.0451 e. The molecule has 0 unspecified atom stereocenters. The highest BCUT2D eigenvalue weighted by Crippen LogP contribution is 2.43. The fourth-order valence-corrected chi connectivity index (χ4v) is 8.06. The Morgan fingerprint density at radius 3 is 1.30 bits per heavy atom. The lowest BCUT2D eigenvalue weighted by Gasteiger charge is -2.36. The van der Waals surface area contributed by atoms with E-state index in [1.165, 1.54) is 119 Å². The molecule has 0 radical (unpaired) electrons. The average molecular weight is 599 g/mol. The van der Waals surface area contributed by atoms with Crippen LogP contribution in [0.5, 0.6) is 0 Å². The topological polar surface area (TPSA) is 0 Å². The minimum Gasteiger partial charge on any atom is -0.0622 e. The molecule has 0 bridgehead atoms. The third-order valence-electron chi connectivity index (χ3n) is 10.4. The Balaban J connectivity index is 0.887. The highest BCUT2D eigenvalue weighted by atomic mass is 14.4. The van der Waals surface area contributed by atoms with E-state index in [2.05, 4.69) is 146 Å². The van der Waals surface area contributed by atoms with Gasteiger partial charge >= 0.3 is 0 Å². The van der Waals surface area contributed by atoms with Gasteiger partial charge in [-0.15, -0.1) is 0 Å². The van der Waals surface area contributed by atoms with Gasteiger partial charge < -0.3 is 0 Å². The fourth-order valence-electron chi connectivity index (χ4n) is 8.06. The van der Waals surface area contributed by atoms with Crippen LogP contribution in [0.4, 0.5) is 0 Å². The van der Waals surface area contributed by atoms with E-state index in [4.69, 9.17) is 0 Å². The number of hydrogen-bond acceptors (Lipinski definition) is 0. The third-order valence-corrected chi connectivity index (χ3v) is 10.4. The Bertz CT molecular complexity index is 1840. The van der Waals surface area contributed by atoms with E-state index in [9.17, 15) is 0 Å². The predicted molar refractivity (Wildman–Crippen MR) is 199 cm³/mol. The molecular formula is C46H46. The molecule has 0 spiro atoms. The monoisotopic (exact) mass is 598 g/mol. The lowest BCUT2D eigenvalue weighted by Crippen LogP contribution is -2.29. The molecule has 0 amide bonds. The van der Waals surface area contributed by atoms with E-state index in [-0.39, 0.29) is 5.41 Å². The molecule has 0 nitrogen and oxygen atoms in total. The molecule has 7 aromatic rings. The summed E-state index contributed by atoms with van der Waals surface area (Å²) in [5.41, 5.74) is 5.60. The summed E-state index contributed by atoms with van der Waals surface area (Å²) in [6, 6.07) is 54.2. The molecule has 0 aliphatic rings. The first kappa shape index (κ1) is 30.2. The molecule has 0 aliphatic heterocycles. The minimum atomic E-state index is -0.113. The van der Waals surface area contributed by atoms with Crippen molar-refractivity contribution in [3.05, 3.63) is 168 Å². The number of rotatable bonds is 15. The normalized spacial score (nSPS) is 12.0. The second-order valence-corrected chi connectivity index (χ2v) is 13.3. The molecular weight excluding hydrogens is 553 g/mol. The zero-order valence-corrected chi connectivity index (χ0v) is 27.1. The molecule has 0 heterocycles. The number of benzene rings is 7. The molecule has 230 valence electrons.